The number of piperidine rings is 1. The molecule has 1 aromatic rings. The number of nitrogens with one attached hydrogen (secondary N) is 1. The molecular weight excluding hydrogens is 258 g/mol. The maximum absolute atomic E-state index is 9.07. The van der Waals surface area contributed by atoms with E-state index in [-0.39, 0.29) is 0 Å². The predicted octanol–water partition coefficient (Wildman–Crippen LogP) is 3.01. The maximum atomic E-state index is 9.07. The van der Waals surface area contributed by atoms with E-state index in [0.717, 1.165) is 31.0 Å². The van der Waals surface area contributed by atoms with Gasteiger partial charge in [-0.3, -0.25) is 0 Å². The normalized spacial score (nSPS) is 26.2. The first-order valence-electron chi connectivity index (χ1n) is 6.76. The topological polar surface area (TPSA) is 48.7 Å². The van der Waals surface area contributed by atoms with Crippen molar-refractivity contribution in [3.05, 3.63) is 34.6 Å². The average Bonchev–Trinajstić information content (AvgIpc) is 2.47. The lowest BCUT2D eigenvalue weighted by atomic mass is 9.73. The second-order valence-electron chi connectivity index (χ2n) is 5.27. The Morgan fingerprint density at radius 2 is 2.32 bits per heavy atom. The molecule has 1 aromatic heterocycles. The monoisotopic (exact) mass is 273 g/mol. The van der Waals surface area contributed by atoms with E-state index in [1.165, 1.54) is 18.4 Å². The molecular formula is C15H16ClN3. The molecule has 1 saturated heterocycles. The van der Waals surface area contributed by atoms with Gasteiger partial charge in [0, 0.05) is 12.7 Å². The highest BCUT2D eigenvalue weighted by atomic mass is 35.5. The standard InChI is InChI=1S/C15H16ClN3/c16-15-11(7-17)6-12(8-19-15)13-3-1-2-10-4-5-18-9-14(10)13/h3,6,8,10,14,18H,1-2,4-5,9H2. The van der Waals surface area contributed by atoms with Crippen molar-refractivity contribution in [1.82, 2.24) is 10.3 Å². The minimum Gasteiger partial charge on any atom is -0.316 e. The molecule has 3 rings (SSSR count). The molecule has 1 aliphatic heterocycles. The van der Waals surface area contributed by atoms with Gasteiger partial charge in [0.15, 0.2) is 0 Å². The first kappa shape index (κ1) is 12.7. The molecule has 1 aliphatic carbocycles. The number of hydrogen-bond donors (Lipinski definition) is 1. The summed E-state index contributed by atoms with van der Waals surface area (Å²) in [6.07, 6.45) is 7.75. The fourth-order valence-electron chi connectivity index (χ4n) is 3.24. The molecule has 0 spiro atoms. The quantitative estimate of drug-likeness (QED) is 0.800. The van der Waals surface area contributed by atoms with Crippen LogP contribution in [0.5, 0.6) is 0 Å². The molecule has 0 amide bonds. The van der Waals surface area contributed by atoms with E-state index >= 15 is 0 Å². The number of nitriles is 1. The SMILES string of the molecule is N#Cc1cc(C2=CCCC3CCNCC23)cnc1Cl. The predicted molar refractivity (Wildman–Crippen MR) is 75.6 cm³/mol. The van der Waals surface area contributed by atoms with E-state index in [0.29, 0.717) is 16.6 Å². The minimum absolute atomic E-state index is 0.293. The van der Waals surface area contributed by atoms with E-state index in [4.69, 9.17) is 16.9 Å². The van der Waals surface area contributed by atoms with Gasteiger partial charge in [-0.15, -0.1) is 0 Å². The van der Waals surface area contributed by atoms with Crippen LogP contribution in [-0.2, 0) is 0 Å². The van der Waals surface area contributed by atoms with Gasteiger partial charge in [0.25, 0.3) is 0 Å². The van der Waals surface area contributed by atoms with Crippen LogP contribution in [0.1, 0.15) is 30.4 Å². The molecule has 98 valence electrons. The molecule has 1 N–H and O–H groups in total. The lowest BCUT2D eigenvalue weighted by molar-refractivity contribution is 0.285. The molecule has 19 heavy (non-hydrogen) atoms. The van der Waals surface area contributed by atoms with Crippen LogP contribution in [0.3, 0.4) is 0 Å². The number of pyridine rings is 1. The summed E-state index contributed by atoms with van der Waals surface area (Å²) in [6.45, 7) is 2.15. The Hall–Kier alpha value is -1.37. The summed E-state index contributed by atoms with van der Waals surface area (Å²) < 4.78 is 0. The van der Waals surface area contributed by atoms with Crippen molar-refractivity contribution in [3.63, 3.8) is 0 Å². The van der Waals surface area contributed by atoms with Gasteiger partial charge < -0.3 is 5.32 Å². The fraction of sp³-hybridized carbons (Fsp3) is 0.467. The van der Waals surface area contributed by atoms with Crippen LogP contribution in [0, 0.1) is 23.2 Å². The summed E-state index contributed by atoms with van der Waals surface area (Å²) in [6, 6.07) is 3.98. The van der Waals surface area contributed by atoms with E-state index in [1.807, 2.05) is 6.07 Å². The van der Waals surface area contributed by atoms with Crippen molar-refractivity contribution >= 4 is 17.2 Å². The largest absolute Gasteiger partial charge is 0.316 e. The van der Waals surface area contributed by atoms with Gasteiger partial charge in [0.05, 0.1) is 5.56 Å². The van der Waals surface area contributed by atoms with Crippen molar-refractivity contribution in [2.75, 3.05) is 13.1 Å². The molecule has 3 nitrogen and oxygen atoms in total. The van der Waals surface area contributed by atoms with Crippen LogP contribution in [0.15, 0.2) is 18.3 Å². The summed E-state index contributed by atoms with van der Waals surface area (Å²) in [5.74, 6) is 1.32. The summed E-state index contributed by atoms with van der Waals surface area (Å²) in [7, 11) is 0. The van der Waals surface area contributed by atoms with Crippen LogP contribution < -0.4 is 5.32 Å². The zero-order chi connectivity index (χ0) is 13.2. The van der Waals surface area contributed by atoms with Crippen molar-refractivity contribution in [2.45, 2.75) is 19.3 Å². The molecule has 4 heteroatoms. The molecule has 0 saturated carbocycles. The highest BCUT2D eigenvalue weighted by Gasteiger charge is 2.30. The smallest absolute Gasteiger partial charge is 0.146 e. The Bertz CT molecular complexity index is 559. The third-order valence-electron chi connectivity index (χ3n) is 4.22. The fourth-order valence-corrected chi connectivity index (χ4v) is 3.39. The number of hydrogen-bond acceptors (Lipinski definition) is 3. The summed E-state index contributed by atoms with van der Waals surface area (Å²) in [5, 5.41) is 12.8. The number of rotatable bonds is 1. The first-order chi connectivity index (χ1) is 9.29. The van der Waals surface area contributed by atoms with Crippen LogP contribution in [-0.4, -0.2) is 18.1 Å². The summed E-state index contributed by atoms with van der Waals surface area (Å²) in [4.78, 5) is 4.14. The van der Waals surface area contributed by atoms with Gasteiger partial charge in [-0.25, -0.2) is 4.98 Å². The molecule has 2 heterocycles. The van der Waals surface area contributed by atoms with Gasteiger partial charge in [-0.2, -0.15) is 5.26 Å². The number of fused-ring (bicyclic) bond motifs is 1. The van der Waals surface area contributed by atoms with Crippen LogP contribution in [0.25, 0.3) is 5.57 Å². The van der Waals surface area contributed by atoms with E-state index in [2.05, 4.69) is 22.4 Å². The summed E-state index contributed by atoms with van der Waals surface area (Å²) >= 11 is 5.91. The van der Waals surface area contributed by atoms with Crippen LogP contribution in [0.4, 0.5) is 0 Å². The van der Waals surface area contributed by atoms with Gasteiger partial charge in [-0.05, 0) is 54.8 Å². The Morgan fingerprint density at radius 3 is 3.16 bits per heavy atom. The van der Waals surface area contributed by atoms with Crippen molar-refractivity contribution in [3.8, 4) is 6.07 Å². The maximum Gasteiger partial charge on any atom is 0.146 e. The third kappa shape index (κ3) is 2.39. The first-order valence-corrected chi connectivity index (χ1v) is 7.14. The molecule has 1 fully saturated rings. The molecule has 2 atom stereocenters. The minimum atomic E-state index is 0.293. The van der Waals surface area contributed by atoms with Gasteiger partial charge in [0.2, 0.25) is 0 Å². The number of aromatic nitrogens is 1. The average molecular weight is 274 g/mol. The van der Waals surface area contributed by atoms with Crippen LogP contribution >= 0.6 is 11.6 Å². The second-order valence-corrected chi connectivity index (χ2v) is 5.63. The van der Waals surface area contributed by atoms with Crippen molar-refractivity contribution < 1.29 is 0 Å². The molecule has 2 aliphatic rings. The lowest BCUT2D eigenvalue weighted by Gasteiger charge is -2.37. The van der Waals surface area contributed by atoms with Crippen molar-refractivity contribution in [2.24, 2.45) is 11.8 Å². The lowest BCUT2D eigenvalue weighted by Crippen LogP contribution is -2.38. The van der Waals surface area contributed by atoms with E-state index in [9.17, 15) is 0 Å². The highest BCUT2D eigenvalue weighted by Crippen LogP contribution is 2.39. The summed E-state index contributed by atoms with van der Waals surface area (Å²) in [5.41, 5.74) is 2.86. The van der Waals surface area contributed by atoms with E-state index in [1.54, 1.807) is 6.20 Å². The van der Waals surface area contributed by atoms with Gasteiger partial charge in [0.1, 0.15) is 11.2 Å². The number of allylic oxidation sites excluding steroid dienone is 1. The Morgan fingerprint density at radius 1 is 1.42 bits per heavy atom. The molecule has 0 aromatic carbocycles. The number of nitrogens with zero attached hydrogens (tertiary/aromatic N) is 2. The zero-order valence-electron chi connectivity index (χ0n) is 10.7. The van der Waals surface area contributed by atoms with Crippen LogP contribution in [0.2, 0.25) is 5.15 Å². The third-order valence-corrected chi connectivity index (χ3v) is 4.52. The second kappa shape index (κ2) is 5.32. The molecule has 0 bridgehead atoms. The highest BCUT2D eigenvalue weighted by molar-refractivity contribution is 6.30. The zero-order valence-corrected chi connectivity index (χ0v) is 11.5. The molecule has 2 unspecified atom stereocenters. The van der Waals surface area contributed by atoms with Crippen molar-refractivity contribution in [1.29, 1.82) is 5.26 Å². The Labute approximate surface area is 118 Å². The Balaban J connectivity index is 1.96. The Kier molecular flexibility index (Phi) is 3.54. The molecule has 0 radical (unpaired) electrons. The van der Waals surface area contributed by atoms with Gasteiger partial charge >= 0.3 is 0 Å². The van der Waals surface area contributed by atoms with Gasteiger partial charge in [-0.1, -0.05) is 17.7 Å². The number of halogens is 1. The van der Waals surface area contributed by atoms with E-state index < -0.39 is 0 Å².